The number of nitrogens with one attached hydrogen (secondary N) is 1. The molecule has 0 unspecified atom stereocenters. The Kier molecular flexibility index (Phi) is 3.90. The number of hydrogen-bond acceptors (Lipinski definition) is 2. The fraction of sp³-hybridized carbons (Fsp3) is 0.133. The van der Waals surface area contributed by atoms with Crippen LogP contribution in [0, 0.1) is 13.8 Å². The number of hydrogen-bond donors (Lipinski definition) is 2. The quantitative estimate of drug-likeness (QED) is 0.821. The van der Waals surface area contributed by atoms with E-state index in [1.807, 2.05) is 19.9 Å². The molecule has 3 nitrogen and oxygen atoms in total. The minimum Gasteiger partial charge on any atom is -0.506 e. The maximum atomic E-state index is 12.1. The zero-order chi connectivity index (χ0) is 14.0. The lowest BCUT2D eigenvalue weighted by atomic mass is 10.1. The first kappa shape index (κ1) is 13.6. The van der Waals surface area contributed by atoms with E-state index in [2.05, 4.69) is 21.2 Å². The highest BCUT2D eigenvalue weighted by molar-refractivity contribution is 9.10. The van der Waals surface area contributed by atoms with Gasteiger partial charge in [-0.2, -0.15) is 0 Å². The molecule has 0 aliphatic carbocycles. The van der Waals surface area contributed by atoms with E-state index < -0.39 is 0 Å². The molecule has 0 heterocycles. The summed E-state index contributed by atoms with van der Waals surface area (Å²) >= 11 is 3.33. The molecule has 0 radical (unpaired) electrons. The maximum Gasteiger partial charge on any atom is 0.256 e. The highest BCUT2D eigenvalue weighted by Crippen LogP contribution is 2.28. The number of halogens is 1. The zero-order valence-corrected chi connectivity index (χ0v) is 12.3. The third kappa shape index (κ3) is 2.96. The predicted molar refractivity (Wildman–Crippen MR) is 79.7 cm³/mol. The molecular formula is C15H14BrNO2. The van der Waals surface area contributed by atoms with E-state index in [9.17, 15) is 9.90 Å². The molecule has 19 heavy (non-hydrogen) atoms. The number of rotatable bonds is 2. The third-order valence-electron chi connectivity index (χ3n) is 2.98. The normalized spacial score (nSPS) is 10.3. The van der Waals surface area contributed by atoms with Crippen LogP contribution in [0.3, 0.4) is 0 Å². The fourth-order valence-electron chi connectivity index (χ4n) is 1.74. The molecule has 2 rings (SSSR count). The van der Waals surface area contributed by atoms with Crippen molar-refractivity contribution in [3.05, 3.63) is 57.6 Å². The first-order valence-electron chi connectivity index (χ1n) is 5.85. The second-order valence-corrected chi connectivity index (χ2v) is 5.24. The summed E-state index contributed by atoms with van der Waals surface area (Å²) in [4.78, 5) is 12.1. The van der Waals surface area contributed by atoms with E-state index in [-0.39, 0.29) is 11.7 Å². The van der Waals surface area contributed by atoms with Crippen molar-refractivity contribution in [2.75, 3.05) is 5.32 Å². The van der Waals surface area contributed by atoms with Crippen LogP contribution in [0.2, 0.25) is 0 Å². The lowest BCUT2D eigenvalue weighted by Crippen LogP contribution is -2.12. The Morgan fingerprint density at radius 3 is 2.47 bits per heavy atom. The van der Waals surface area contributed by atoms with Crippen molar-refractivity contribution >= 4 is 27.5 Å². The van der Waals surface area contributed by atoms with Crippen LogP contribution < -0.4 is 5.32 Å². The van der Waals surface area contributed by atoms with Crippen molar-refractivity contribution in [2.24, 2.45) is 0 Å². The second kappa shape index (κ2) is 5.45. The van der Waals surface area contributed by atoms with Gasteiger partial charge in [0.1, 0.15) is 5.75 Å². The van der Waals surface area contributed by atoms with Crippen molar-refractivity contribution in [3.63, 3.8) is 0 Å². The predicted octanol–water partition coefficient (Wildman–Crippen LogP) is 4.02. The molecule has 2 aromatic rings. The number of anilines is 1. The molecule has 1 amide bonds. The number of carbonyl (C=O) groups is 1. The van der Waals surface area contributed by atoms with Crippen LogP contribution >= 0.6 is 15.9 Å². The molecule has 0 saturated heterocycles. The first-order chi connectivity index (χ1) is 8.99. The van der Waals surface area contributed by atoms with Gasteiger partial charge in [-0.15, -0.1) is 0 Å². The van der Waals surface area contributed by atoms with Crippen LogP contribution in [0.15, 0.2) is 40.9 Å². The molecule has 98 valence electrons. The third-order valence-corrected chi connectivity index (χ3v) is 3.67. The molecule has 2 aromatic carbocycles. The molecule has 0 atom stereocenters. The van der Waals surface area contributed by atoms with Crippen molar-refractivity contribution in [1.29, 1.82) is 0 Å². The first-order valence-corrected chi connectivity index (χ1v) is 6.64. The standard InChI is InChI=1S/C15H14BrNO2/c1-9-7-13(14(18)8-10(9)2)17-15(19)11-5-3-4-6-12(11)16/h3-8,18H,1-2H3,(H,17,19). The van der Waals surface area contributed by atoms with Crippen LogP contribution in [0.4, 0.5) is 5.69 Å². The van der Waals surface area contributed by atoms with E-state index in [1.54, 1.807) is 30.3 Å². The summed E-state index contributed by atoms with van der Waals surface area (Å²) in [5.41, 5.74) is 2.94. The van der Waals surface area contributed by atoms with Gasteiger partial charge in [-0.25, -0.2) is 0 Å². The minimum absolute atomic E-state index is 0.0727. The summed E-state index contributed by atoms with van der Waals surface area (Å²) in [7, 11) is 0. The van der Waals surface area contributed by atoms with Crippen LogP contribution in [-0.2, 0) is 0 Å². The van der Waals surface area contributed by atoms with Gasteiger partial charge in [0.15, 0.2) is 0 Å². The van der Waals surface area contributed by atoms with Crippen LogP contribution in [0.5, 0.6) is 5.75 Å². The average molecular weight is 320 g/mol. The summed E-state index contributed by atoms with van der Waals surface area (Å²) in [6.07, 6.45) is 0. The van der Waals surface area contributed by atoms with Crippen molar-refractivity contribution in [3.8, 4) is 5.75 Å². The number of aryl methyl sites for hydroxylation is 2. The molecule has 0 aromatic heterocycles. The van der Waals surface area contributed by atoms with Gasteiger partial charge in [-0.05, 0) is 65.2 Å². The Hall–Kier alpha value is -1.81. The molecule has 0 aliphatic heterocycles. The Balaban J connectivity index is 2.30. The molecular weight excluding hydrogens is 306 g/mol. The minimum atomic E-state index is -0.258. The van der Waals surface area contributed by atoms with Gasteiger partial charge in [0.05, 0.1) is 11.3 Å². The summed E-state index contributed by atoms with van der Waals surface area (Å²) < 4.78 is 0.718. The van der Waals surface area contributed by atoms with Crippen LogP contribution in [0.25, 0.3) is 0 Å². The van der Waals surface area contributed by atoms with E-state index in [1.165, 1.54) is 0 Å². The molecule has 4 heteroatoms. The largest absolute Gasteiger partial charge is 0.506 e. The van der Waals surface area contributed by atoms with E-state index in [0.29, 0.717) is 11.3 Å². The van der Waals surface area contributed by atoms with Gasteiger partial charge in [0.2, 0.25) is 0 Å². The smallest absolute Gasteiger partial charge is 0.256 e. The number of carbonyl (C=O) groups excluding carboxylic acids is 1. The summed E-state index contributed by atoms with van der Waals surface area (Å²) in [6, 6.07) is 10.6. The summed E-state index contributed by atoms with van der Waals surface area (Å²) in [6.45, 7) is 3.84. The molecule has 0 spiro atoms. The highest BCUT2D eigenvalue weighted by atomic mass is 79.9. The Labute approximate surface area is 120 Å². The van der Waals surface area contributed by atoms with Crippen LogP contribution in [-0.4, -0.2) is 11.0 Å². The van der Waals surface area contributed by atoms with Gasteiger partial charge in [-0.3, -0.25) is 4.79 Å². The Bertz CT molecular complexity index is 638. The lowest BCUT2D eigenvalue weighted by molar-refractivity contribution is 0.102. The Morgan fingerprint density at radius 1 is 1.16 bits per heavy atom. The summed E-state index contributed by atoms with van der Waals surface area (Å²) in [5, 5.41) is 12.6. The fourth-order valence-corrected chi connectivity index (χ4v) is 2.20. The van der Waals surface area contributed by atoms with E-state index in [0.717, 1.165) is 15.6 Å². The molecule has 0 fully saturated rings. The average Bonchev–Trinajstić information content (AvgIpc) is 2.36. The van der Waals surface area contributed by atoms with E-state index >= 15 is 0 Å². The molecule has 0 aliphatic rings. The molecule has 0 saturated carbocycles. The van der Waals surface area contributed by atoms with E-state index in [4.69, 9.17) is 0 Å². The monoisotopic (exact) mass is 319 g/mol. The molecule has 0 bridgehead atoms. The van der Waals surface area contributed by atoms with Crippen LogP contribution in [0.1, 0.15) is 21.5 Å². The SMILES string of the molecule is Cc1cc(O)c(NC(=O)c2ccccc2Br)cc1C. The number of benzene rings is 2. The van der Waals surface area contributed by atoms with Gasteiger partial charge in [0, 0.05) is 4.47 Å². The Morgan fingerprint density at radius 2 is 1.79 bits per heavy atom. The highest BCUT2D eigenvalue weighted by Gasteiger charge is 2.12. The maximum absolute atomic E-state index is 12.1. The van der Waals surface area contributed by atoms with Gasteiger partial charge in [0.25, 0.3) is 5.91 Å². The van der Waals surface area contributed by atoms with Crippen molar-refractivity contribution < 1.29 is 9.90 Å². The topological polar surface area (TPSA) is 49.3 Å². The van der Waals surface area contributed by atoms with Gasteiger partial charge < -0.3 is 10.4 Å². The van der Waals surface area contributed by atoms with Gasteiger partial charge in [-0.1, -0.05) is 12.1 Å². The number of phenols is 1. The van der Waals surface area contributed by atoms with Crippen molar-refractivity contribution in [1.82, 2.24) is 0 Å². The van der Waals surface area contributed by atoms with Gasteiger partial charge >= 0.3 is 0 Å². The number of aromatic hydroxyl groups is 1. The molecule has 2 N–H and O–H groups in total. The number of amides is 1. The second-order valence-electron chi connectivity index (χ2n) is 4.39. The van der Waals surface area contributed by atoms with Crippen molar-refractivity contribution in [2.45, 2.75) is 13.8 Å². The number of phenolic OH excluding ortho intramolecular Hbond substituents is 1. The summed E-state index contributed by atoms with van der Waals surface area (Å²) in [5.74, 6) is -0.186. The zero-order valence-electron chi connectivity index (χ0n) is 10.7. The lowest BCUT2D eigenvalue weighted by Gasteiger charge is -2.11.